The summed E-state index contributed by atoms with van der Waals surface area (Å²) in [6.45, 7) is 17.9. The predicted octanol–water partition coefficient (Wildman–Crippen LogP) is 8.70. The molecule has 2 N–H and O–H groups in total. The van der Waals surface area contributed by atoms with Gasteiger partial charge in [-0.05, 0) is 72.6 Å². The van der Waals surface area contributed by atoms with Crippen LogP contribution in [0.3, 0.4) is 0 Å². The third-order valence-corrected chi connectivity index (χ3v) is 16.4. The summed E-state index contributed by atoms with van der Waals surface area (Å²) in [6.07, 6.45) is 2.02. The number of unbranched alkanes of at least 4 members (excludes halogenated alkanes) is 2. The van der Waals surface area contributed by atoms with Crippen LogP contribution in [-0.2, 0) is 54.4 Å². The molecule has 2 aromatic rings. The highest BCUT2D eigenvalue weighted by atomic mass is 16.6. The van der Waals surface area contributed by atoms with Crippen molar-refractivity contribution >= 4 is 52.8 Å². The summed E-state index contributed by atoms with van der Waals surface area (Å²) in [4.78, 5) is 114. The number of rotatable bonds is 33. The van der Waals surface area contributed by atoms with E-state index in [2.05, 4.69) is 5.32 Å². The van der Waals surface area contributed by atoms with Gasteiger partial charge in [-0.2, -0.15) is 0 Å². The zero-order chi connectivity index (χ0) is 58.0. The molecule has 2 aromatic carbocycles. The van der Waals surface area contributed by atoms with E-state index in [0.29, 0.717) is 50.8 Å². The molecule has 17 nitrogen and oxygen atoms in total. The molecule has 78 heavy (non-hydrogen) atoms. The summed E-state index contributed by atoms with van der Waals surface area (Å²) in [6, 6.07) is 14.7. The normalized spacial score (nSPS) is 19.2. The summed E-state index contributed by atoms with van der Waals surface area (Å²) in [5.74, 6) is -3.49. The SMILES string of the molecule is CC[C@H](C)[C@@H]([C@@H](CC(=O)N1CCCC1[C@H](OC)[C@@H](C)C(=O)C[C@H](C)[C@@H](O)c1ccccc1)OC)N(C)C(=O)[C@@H](CC(=O)[C@H](C(C)C)N(C)C(=O)OCc1ccc(NCC(=O)CCCCCN2C(=O)CC(C)C2=O)cc1)C(C)C. The van der Waals surface area contributed by atoms with Crippen LogP contribution in [-0.4, -0.2) is 150 Å². The average Bonchev–Trinajstić information content (AvgIpc) is 4.00. The molecule has 0 spiro atoms. The second-order valence-corrected chi connectivity index (χ2v) is 22.9. The van der Waals surface area contributed by atoms with Crippen molar-refractivity contribution in [3.05, 3.63) is 65.7 Å². The number of anilines is 1. The Bertz CT molecular complexity index is 2290. The predicted molar refractivity (Wildman–Crippen MR) is 300 cm³/mol. The van der Waals surface area contributed by atoms with Crippen LogP contribution in [0.15, 0.2) is 54.6 Å². The van der Waals surface area contributed by atoms with Crippen LogP contribution in [0.25, 0.3) is 0 Å². The molecule has 4 rings (SSSR count). The van der Waals surface area contributed by atoms with Crippen molar-refractivity contribution in [1.29, 1.82) is 0 Å². The number of likely N-dealkylation sites (tertiary alicyclic amines) is 2. The summed E-state index contributed by atoms with van der Waals surface area (Å²) in [7, 11) is 6.34. The Morgan fingerprint density at radius 2 is 1.46 bits per heavy atom. The number of benzene rings is 2. The van der Waals surface area contributed by atoms with E-state index in [-0.39, 0.29) is 115 Å². The van der Waals surface area contributed by atoms with Crippen LogP contribution >= 0.6 is 0 Å². The van der Waals surface area contributed by atoms with E-state index in [9.17, 15) is 43.5 Å². The van der Waals surface area contributed by atoms with Gasteiger partial charge in [-0.25, -0.2) is 4.79 Å². The Morgan fingerprint density at radius 1 is 0.795 bits per heavy atom. The maximum Gasteiger partial charge on any atom is 0.410 e. The quantitative estimate of drug-likeness (QED) is 0.0507. The number of likely N-dealkylation sites (N-methyl/N-ethyl adjacent to an activating group) is 2. The number of ether oxygens (including phenoxy) is 3. The van der Waals surface area contributed by atoms with Crippen molar-refractivity contribution in [1.82, 2.24) is 19.6 Å². The Balaban J connectivity index is 1.33. The summed E-state index contributed by atoms with van der Waals surface area (Å²) in [5, 5.41) is 14.1. The summed E-state index contributed by atoms with van der Waals surface area (Å²) in [5.41, 5.74) is 2.17. The third kappa shape index (κ3) is 17.7. The molecule has 0 bridgehead atoms. The topological polar surface area (TPSA) is 209 Å². The minimum Gasteiger partial charge on any atom is -0.445 e. The van der Waals surface area contributed by atoms with Gasteiger partial charge in [-0.3, -0.25) is 38.5 Å². The lowest BCUT2D eigenvalue weighted by atomic mass is 9.83. The van der Waals surface area contributed by atoms with E-state index in [1.807, 2.05) is 85.7 Å². The molecule has 2 aliphatic heterocycles. The molecular formula is C61H93N5O12. The summed E-state index contributed by atoms with van der Waals surface area (Å²) < 4.78 is 17.8. The van der Waals surface area contributed by atoms with Crippen molar-refractivity contribution in [3.63, 3.8) is 0 Å². The molecule has 2 fully saturated rings. The van der Waals surface area contributed by atoms with Crippen molar-refractivity contribution in [3.8, 4) is 0 Å². The standard InChI is InChI=1S/C61H93N5O12/c1-14-40(6)56(52(76-12)35-54(71)65-31-21-25-49(65)58(77-13)43(9)50(68)32-41(7)57(72)45-22-17-15-18-23-45)63(10)60(74)48(38(2)3)34-51(69)55(39(4)5)64(11)61(75)78-37-44-26-28-46(29-27-44)62-36-47(67)24-19-16-20-30-66-53(70)33-42(8)59(66)73/h15,17-18,22-23,26-29,38-43,48-49,52,55-58,62,72H,14,16,19-21,24-25,30-37H2,1-13H3/t40-,41-,42?,43-,48-,49?,52+,55-,56-,57+,58+/m0/s1. The van der Waals surface area contributed by atoms with Gasteiger partial charge in [0.05, 0.1) is 49.4 Å². The maximum atomic E-state index is 14.8. The molecule has 2 heterocycles. The Labute approximate surface area is 464 Å². The second kappa shape index (κ2) is 31.3. The zero-order valence-corrected chi connectivity index (χ0v) is 49.0. The van der Waals surface area contributed by atoms with E-state index < -0.39 is 48.3 Å². The number of ketones is 3. The van der Waals surface area contributed by atoms with E-state index in [1.165, 1.54) is 16.8 Å². The summed E-state index contributed by atoms with van der Waals surface area (Å²) >= 11 is 0. The van der Waals surface area contributed by atoms with Crippen molar-refractivity contribution in [2.75, 3.05) is 53.3 Å². The lowest BCUT2D eigenvalue weighted by Crippen LogP contribution is -2.54. The number of imide groups is 1. The smallest absolute Gasteiger partial charge is 0.410 e. The highest BCUT2D eigenvalue weighted by Gasteiger charge is 2.44. The van der Waals surface area contributed by atoms with E-state index in [4.69, 9.17) is 14.2 Å². The first-order valence-corrected chi connectivity index (χ1v) is 28.5. The van der Waals surface area contributed by atoms with Gasteiger partial charge < -0.3 is 39.3 Å². The lowest BCUT2D eigenvalue weighted by Gasteiger charge is -2.41. The molecule has 434 valence electrons. The zero-order valence-electron chi connectivity index (χ0n) is 49.0. The molecule has 0 aliphatic carbocycles. The van der Waals surface area contributed by atoms with Gasteiger partial charge in [0.25, 0.3) is 0 Å². The number of Topliss-reactive ketones (excluding diaryl/α,β-unsaturated/α-hetero) is 3. The first kappa shape index (κ1) is 65.0. The van der Waals surface area contributed by atoms with Gasteiger partial charge in [0, 0.05) is 90.5 Å². The van der Waals surface area contributed by atoms with Crippen LogP contribution in [0.2, 0.25) is 0 Å². The van der Waals surface area contributed by atoms with Crippen LogP contribution in [0.4, 0.5) is 10.5 Å². The van der Waals surface area contributed by atoms with Gasteiger partial charge in [0.15, 0.2) is 11.6 Å². The number of aliphatic hydroxyl groups is 1. The Kier molecular flexibility index (Phi) is 26.1. The molecule has 17 heteroatoms. The van der Waals surface area contributed by atoms with Gasteiger partial charge >= 0.3 is 6.09 Å². The van der Waals surface area contributed by atoms with Gasteiger partial charge in [-0.1, -0.05) is 118 Å². The van der Waals surface area contributed by atoms with Crippen molar-refractivity contribution in [2.24, 2.45) is 41.4 Å². The first-order chi connectivity index (χ1) is 37.0. The number of nitrogens with one attached hydrogen (secondary N) is 1. The van der Waals surface area contributed by atoms with Crippen molar-refractivity contribution in [2.45, 2.75) is 176 Å². The molecule has 0 saturated carbocycles. The third-order valence-electron chi connectivity index (χ3n) is 16.4. The van der Waals surface area contributed by atoms with Crippen LogP contribution < -0.4 is 5.32 Å². The molecular weight excluding hydrogens is 995 g/mol. The minimum atomic E-state index is -0.885. The number of hydrogen-bond acceptors (Lipinski definition) is 13. The average molecular weight is 1090 g/mol. The van der Waals surface area contributed by atoms with Crippen LogP contribution in [0.1, 0.15) is 150 Å². The number of carbonyl (C=O) groups excluding carboxylic acids is 8. The molecule has 5 amide bonds. The van der Waals surface area contributed by atoms with Crippen LogP contribution in [0, 0.1) is 41.4 Å². The highest BCUT2D eigenvalue weighted by molar-refractivity contribution is 6.03. The Hall–Kier alpha value is -5.52. The Morgan fingerprint density at radius 3 is 2.04 bits per heavy atom. The van der Waals surface area contributed by atoms with Crippen molar-refractivity contribution < 1.29 is 57.7 Å². The molecule has 0 radical (unpaired) electrons. The number of methoxy groups -OCH3 is 2. The number of aliphatic hydroxyl groups excluding tert-OH is 1. The van der Waals surface area contributed by atoms with Gasteiger partial charge in [0.1, 0.15) is 12.4 Å². The fourth-order valence-corrected chi connectivity index (χ4v) is 11.4. The van der Waals surface area contributed by atoms with E-state index >= 15 is 0 Å². The fourth-order valence-electron chi connectivity index (χ4n) is 11.4. The first-order valence-electron chi connectivity index (χ1n) is 28.5. The second-order valence-electron chi connectivity index (χ2n) is 22.9. The highest BCUT2D eigenvalue weighted by Crippen LogP contribution is 2.33. The van der Waals surface area contributed by atoms with Gasteiger partial charge in [-0.15, -0.1) is 0 Å². The molecule has 2 unspecified atom stereocenters. The number of amides is 5. The van der Waals surface area contributed by atoms with E-state index in [1.54, 1.807) is 62.3 Å². The van der Waals surface area contributed by atoms with E-state index in [0.717, 1.165) is 24.1 Å². The number of carbonyl (C=O) groups is 8. The molecule has 0 aromatic heterocycles. The fraction of sp³-hybridized carbons (Fsp3) is 0.672. The number of hydrogen-bond donors (Lipinski definition) is 2. The molecule has 2 aliphatic rings. The van der Waals surface area contributed by atoms with Gasteiger partial charge in [0.2, 0.25) is 23.6 Å². The minimum absolute atomic E-state index is 0.0212. The van der Waals surface area contributed by atoms with Crippen LogP contribution in [0.5, 0.6) is 0 Å². The number of nitrogens with zero attached hydrogens (tertiary/aromatic N) is 4. The molecule has 2 saturated heterocycles. The molecule has 11 atom stereocenters. The monoisotopic (exact) mass is 1090 g/mol. The maximum absolute atomic E-state index is 14.8. The lowest BCUT2D eigenvalue weighted by molar-refractivity contribution is -0.149. The largest absolute Gasteiger partial charge is 0.445 e.